The normalized spacial score (nSPS) is 11.3. The molecule has 0 saturated heterocycles. The second kappa shape index (κ2) is 9.94. The first-order valence-corrected chi connectivity index (χ1v) is 10.2. The van der Waals surface area contributed by atoms with Gasteiger partial charge in [-0.15, -0.1) is 0 Å². The van der Waals surface area contributed by atoms with Crippen molar-refractivity contribution >= 4 is 27.7 Å². The van der Waals surface area contributed by atoms with Crippen molar-refractivity contribution in [1.29, 1.82) is 0 Å². The molecule has 9 heteroatoms. The zero-order valence-corrected chi connectivity index (χ0v) is 17.5. The molecule has 0 fully saturated rings. The molecule has 0 spiro atoms. The van der Waals surface area contributed by atoms with Crippen LogP contribution in [0.4, 0.5) is 5.69 Å². The van der Waals surface area contributed by atoms with Gasteiger partial charge in [-0.25, -0.2) is 13.1 Å². The first-order valence-electron chi connectivity index (χ1n) is 8.73. The van der Waals surface area contributed by atoms with E-state index in [1.165, 1.54) is 51.7 Å². The summed E-state index contributed by atoms with van der Waals surface area (Å²) >= 11 is 0. The molecule has 0 atom stereocenters. The molecule has 0 bridgehead atoms. The maximum Gasteiger partial charge on any atom is 0.248 e. The van der Waals surface area contributed by atoms with Gasteiger partial charge in [-0.1, -0.05) is 6.92 Å². The van der Waals surface area contributed by atoms with Gasteiger partial charge in [0.1, 0.15) is 0 Å². The predicted octanol–water partition coefficient (Wildman–Crippen LogP) is 2.66. The lowest BCUT2D eigenvalue weighted by Gasteiger charge is -2.12. The minimum atomic E-state index is -3.53. The SMILES string of the molecule is CCNS(=O)(=O)c1ccc(NC(=O)/C=C/c2cc(OC)c(OC)c(OC)c2)cc1. The summed E-state index contributed by atoms with van der Waals surface area (Å²) in [5.74, 6) is 1.04. The van der Waals surface area contributed by atoms with Crippen LogP contribution in [0.1, 0.15) is 12.5 Å². The highest BCUT2D eigenvalue weighted by atomic mass is 32.2. The Kier molecular flexibility index (Phi) is 7.63. The number of benzene rings is 2. The summed E-state index contributed by atoms with van der Waals surface area (Å²) in [4.78, 5) is 12.3. The molecule has 0 aromatic heterocycles. The summed E-state index contributed by atoms with van der Waals surface area (Å²) in [5, 5.41) is 2.67. The lowest BCUT2D eigenvalue weighted by atomic mass is 10.1. The van der Waals surface area contributed by atoms with Crippen LogP contribution in [0.15, 0.2) is 47.4 Å². The number of carbonyl (C=O) groups is 1. The Hall–Kier alpha value is -3.04. The predicted molar refractivity (Wildman–Crippen MR) is 111 cm³/mol. The Bertz CT molecular complexity index is 960. The molecule has 8 nitrogen and oxygen atoms in total. The zero-order chi connectivity index (χ0) is 21.4. The van der Waals surface area contributed by atoms with Crippen molar-refractivity contribution in [3.05, 3.63) is 48.0 Å². The molecule has 0 aliphatic heterocycles. The van der Waals surface area contributed by atoms with Gasteiger partial charge in [0.05, 0.1) is 26.2 Å². The Morgan fingerprint density at radius 1 is 1.00 bits per heavy atom. The van der Waals surface area contributed by atoms with Crippen LogP contribution in [-0.4, -0.2) is 42.2 Å². The fourth-order valence-electron chi connectivity index (χ4n) is 2.54. The van der Waals surface area contributed by atoms with Crippen molar-refractivity contribution in [2.75, 3.05) is 33.2 Å². The fraction of sp³-hybridized carbons (Fsp3) is 0.250. The first kappa shape index (κ1) is 22.3. The van der Waals surface area contributed by atoms with Crippen LogP contribution >= 0.6 is 0 Å². The van der Waals surface area contributed by atoms with E-state index in [2.05, 4.69) is 10.0 Å². The quantitative estimate of drug-likeness (QED) is 0.605. The fourth-order valence-corrected chi connectivity index (χ4v) is 3.59. The van der Waals surface area contributed by atoms with Crippen molar-refractivity contribution in [2.24, 2.45) is 0 Å². The molecule has 0 unspecified atom stereocenters. The van der Waals surface area contributed by atoms with E-state index in [1.54, 1.807) is 25.1 Å². The number of hydrogen-bond acceptors (Lipinski definition) is 6. The molecular formula is C20H24N2O6S. The van der Waals surface area contributed by atoms with Crippen molar-refractivity contribution in [1.82, 2.24) is 4.72 Å². The van der Waals surface area contributed by atoms with Gasteiger partial charge in [-0.2, -0.15) is 0 Å². The second-order valence-corrected chi connectivity index (χ2v) is 7.57. The molecule has 0 saturated carbocycles. The van der Waals surface area contributed by atoms with Gasteiger partial charge in [0, 0.05) is 18.3 Å². The van der Waals surface area contributed by atoms with E-state index in [1.807, 2.05) is 0 Å². The number of methoxy groups -OCH3 is 3. The number of sulfonamides is 1. The van der Waals surface area contributed by atoms with E-state index in [0.717, 1.165) is 0 Å². The van der Waals surface area contributed by atoms with E-state index in [0.29, 0.717) is 35.0 Å². The zero-order valence-electron chi connectivity index (χ0n) is 16.7. The van der Waals surface area contributed by atoms with Crippen molar-refractivity contribution in [2.45, 2.75) is 11.8 Å². The van der Waals surface area contributed by atoms with Crippen LogP contribution in [0.5, 0.6) is 17.2 Å². The minimum Gasteiger partial charge on any atom is -0.493 e. The van der Waals surface area contributed by atoms with Crippen molar-refractivity contribution in [3.63, 3.8) is 0 Å². The highest BCUT2D eigenvalue weighted by molar-refractivity contribution is 7.89. The van der Waals surface area contributed by atoms with Gasteiger partial charge in [0.2, 0.25) is 21.7 Å². The second-order valence-electron chi connectivity index (χ2n) is 5.81. The van der Waals surface area contributed by atoms with Crippen LogP contribution in [0, 0.1) is 0 Å². The molecule has 2 aromatic rings. The third-order valence-electron chi connectivity index (χ3n) is 3.88. The van der Waals surface area contributed by atoms with E-state index < -0.39 is 10.0 Å². The molecule has 2 N–H and O–H groups in total. The summed E-state index contributed by atoms with van der Waals surface area (Å²) in [6.07, 6.45) is 2.95. The molecule has 0 radical (unpaired) electrons. The summed E-state index contributed by atoms with van der Waals surface area (Å²) in [6.45, 7) is 2.00. The summed E-state index contributed by atoms with van der Waals surface area (Å²) < 4.78 is 42.1. The molecule has 29 heavy (non-hydrogen) atoms. The number of hydrogen-bond donors (Lipinski definition) is 2. The Labute approximate surface area is 170 Å². The third-order valence-corrected chi connectivity index (χ3v) is 5.44. The van der Waals surface area contributed by atoms with Crippen LogP contribution in [0.25, 0.3) is 6.08 Å². The monoisotopic (exact) mass is 420 g/mol. The van der Waals surface area contributed by atoms with E-state index >= 15 is 0 Å². The Morgan fingerprint density at radius 3 is 2.07 bits per heavy atom. The number of anilines is 1. The number of rotatable bonds is 9. The summed E-state index contributed by atoms with van der Waals surface area (Å²) in [7, 11) is 1.00. The molecule has 156 valence electrons. The number of amides is 1. The van der Waals surface area contributed by atoms with Gasteiger partial charge in [0.25, 0.3) is 0 Å². The molecular weight excluding hydrogens is 396 g/mol. The molecule has 0 heterocycles. The largest absolute Gasteiger partial charge is 0.493 e. The lowest BCUT2D eigenvalue weighted by Crippen LogP contribution is -2.23. The number of carbonyl (C=O) groups excluding carboxylic acids is 1. The van der Waals surface area contributed by atoms with Crippen LogP contribution < -0.4 is 24.2 Å². The average molecular weight is 420 g/mol. The minimum absolute atomic E-state index is 0.130. The third kappa shape index (κ3) is 5.72. The summed E-state index contributed by atoms with van der Waals surface area (Å²) in [6, 6.07) is 9.33. The first-order chi connectivity index (χ1) is 13.8. The molecule has 1 amide bonds. The standard InChI is InChI=1S/C20H24N2O6S/c1-5-21-29(24,25)16-9-7-15(8-10-16)22-19(23)11-6-14-12-17(26-2)20(28-4)18(13-14)27-3/h6-13,21H,5H2,1-4H3,(H,22,23)/b11-6+. The van der Waals surface area contributed by atoms with Gasteiger partial charge in [-0.3, -0.25) is 4.79 Å². The van der Waals surface area contributed by atoms with Crippen LogP contribution in [-0.2, 0) is 14.8 Å². The van der Waals surface area contributed by atoms with Crippen molar-refractivity contribution < 1.29 is 27.4 Å². The van der Waals surface area contributed by atoms with E-state index in [-0.39, 0.29) is 10.8 Å². The number of ether oxygens (including phenoxy) is 3. The molecule has 2 aromatic carbocycles. The van der Waals surface area contributed by atoms with Gasteiger partial charge < -0.3 is 19.5 Å². The maximum atomic E-state index is 12.2. The van der Waals surface area contributed by atoms with Gasteiger partial charge >= 0.3 is 0 Å². The Balaban J connectivity index is 2.12. The van der Waals surface area contributed by atoms with Crippen LogP contribution in [0.2, 0.25) is 0 Å². The molecule has 0 aliphatic rings. The van der Waals surface area contributed by atoms with Gasteiger partial charge in [-0.05, 0) is 48.0 Å². The number of nitrogens with one attached hydrogen (secondary N) is 2. The Morgan fingerprint density at radius 2 is 1.59 bits per heavy atom. The molecule has 0 aliphatic carbocycles. The maximum absolute atomic E-state index is 12.2. The van der Waals surface area contributed by atoms with Crippen molar-refractivity contribution in [3.8, 4) is 17.2 Å². The average Bonchev–Trinajstić information content (AvgIpc) is 2.71. The topological polar surface area (TPSA) is 103 Å². The lowest BCUT2D eigenvalue weighted by molar-refractivity contribution is -0.111. The van der Waals surface area contributed by atoms with E-state index in [4.69, 9.17) is 14.2 Å². The van der Waals surface area contributed by atoms with Crippen LogP contribution in [0.3, 0.4) is 0 Å². The van der Waals surface area contributed by atoms with Gasteiger partial charge in [0.15, 0.2) is 11.5 Å². The smallest absolute Gasteiger partial charge is 0.248 e. The molecule has 2 rings (SSSR count). The summed E-state index contributed by atoms with van der Waals surface area (Å²) in [5.41, 5.74) is 1.15. The highest BCUT2D eigenvalue weighted by Crippen LogP contribution is 2.38. The highest BCUT2D eigenvalue weighted by Gasteiger charge is 2.13. The van der Waals surface area contributed by atoms with E-state index in [9.17, 15) is 13.2 Å².